The Bertz CT molecular complexity index is 856. The molecule has 0 heterocycles. The Morgan fingerprint density at radius 2 is 1.63 bits per heavy atom. The number of carbonyl (C=O) groups excluding carboxylic acids is 3. The van der Waals surface area contributed by atoms with Gasteiger partial charge in [0.15, 0.2) is 5.78 Å². The molecule has 5 nitrogen and oxygen atoms in total. The van der Waals surface area contributed by atoms with Crippen molar-refractivity contribution in [1.82, 2.24) is 5.32 Å². The Morgan fingerprint density at radius 1 is 0.926 bits per heavy atom. The van der Waals surface area contributed by atoms with Crippen LogP contribution in [0.3, 0.4) is 0 Å². The van der Waals surface area contributed by atoms with Gasteiger partial charge in [0.2, 0.25) is 5.91 Å². The maximum absolute atomic E-state index is 12.3. The zero-order valence-corrected chi connectivity index (χ0v) is 16.3. The molecule has 2 aromatic carbocycles. The zero-order chi connectivity index (χ0) is 20.0. The average Bonchev–Trinajstić information content (AvgIpc) is 2.61. The summed E-state index contributed by atoms with van der Waals surface area (Å²) in [7, 11) is 0. The number of aryl methyl sites for hydroxylation is 2. The Hall–Kier alpha value is -2.95. The molecule has 5 heteroatoms. The summed E-state index contributed by atoms with van der Waals surface area (Å²) in [4.78, 5) is 36.8. The van der Waals surface area contributed by atoms with E-state index in [4.69, 9.17) is 0 Å². The number of para-hydroxylation sites is 1. The van der Waals surface area contributed by atoms with E-state index in [2.05, 4.69) is 10.6 Å². The van der Waals surface area contributed by atoms with Crippen molar-refractivity contribution in [3.8, 4) is 0 Å². The monoisotopic (exact) mass is 366 g/mol. The lowest BCUT2D eigenvalue weighted by atomic mass is 10.0. The second-order valence-corrected chi connectivity index (χ2v) is 6.94. The van der Waals surface area contributed by atoms with Gasteiger partial charge in [-0.3, -0.25) is 14.4 Å². The van der Waals surface area contributed by atoms with E-state index in [-0.39, 0.29) is 36.5 Å². The number of Topliss-reactive ketones (excluding diaryl/α,β-unsaturated/α-hetero) is 1. The molecule has 27 heavy (non-hydrogen) atoms. The third-order valence-corrected chi connectivity index (χ3v) is 4.27. The van der Waals surface area contributed by atoms with Crippen LogP contribution in [0, 0.1) is 13.8 Å². The van der Waals surface area contributed by atoms with Crippen LogP contribution in [0.1, 0.15) is 58.5 Å². The van der Waals surface area contributed by atoms with Gasteiger partial charge >= 0.3 is 0 Å². The smallest absolute Gasteiger partial charge is 0.253 e. The lowest BCUT2D eigenvalue weighted by molar-refractivity contribution is -0.116. The molecule has 0 aromatic heterocycles. The van der Waals surface area contributed by atoms with Crippen molar-refractivity contribution in [3.05, 3.63) is 64.7 Å². The van der Waals surface area contributed by atoms with E-state index in [9.17, 15) is 14.4 Å². The van der Waals surface area contributed by atoms with E-state index in [1.807, 2.05) is 39.8 Å². The number of hydrogen-bond donors (Lipinski definition) is 2. The minimum atomic E-state index is -0.294. The van der Waals surface area contributed by atoms with Crippen LogP contribution in [-0.4, -0.2) is 23.6 Å². The second kappa shape index (κ2) is 9.12. The van der Waals surface area contributed by atoms with E-state index < -0.39 is 0 Å². The molecular formula is C22H26N2O3. The van der Waals surface area contributed by atoms with Crippen molar-refractivity contribution < 1.29 is 14.4 Å². The van der Waals surface area contributed by atoms with Crippen molar-refractivity contribution in [1.29, 1.82) is 0 Å². The fraction of sp³-hybridized carbons (Fsp3) is 0.318. The summed E-state index contributed by atoms with van der Waals surface area (Å²) in [5.74, 6) is -0.608. The number of anilines is 1. The average molecular weight is 366 g/mol. The van der Waals surface area contributed by atoms with Crippen molar-refractivity contribution in [2.24, 2.45) is 0 Å². The lowest BCUT2D eigenvalue weighted by Crippen LogP contribution is -2.31. The van der Waals surface area contributed by atoms with E-state index in [1.54, 1.807) is 30.3 Å². The van der Waals surface area contributed by atoms with Gasteiger partial charge < -0.3 is 10.6 Å². The van der Waals surface area contributed by atoms with Crippen LogP contribution in [0.25, 0.3) is 0 Å². The predicted molar refractivity (Wildman–Crippen MR) is 107 cm³/mol. The number of benzene rings is 2. The highest BCUT2D eigenvalue weighted by molar-refractivity contribution is 6.05. The molecule has 0 fully saturated rings. The van der Waals surface area contributed by atoms with Crippen LogP contribution < -0.4 is 10.6 Å². The number of carbonyl (C=O) groups is 3. The molecule has 0 radical (unpaired) electrons. The van der Waals surface area contributed by atoms with Gasteiger partial charge in [0.25, 0.3) is 5.91 Å². The Morgan fingerprint density at radius 3 is 2.30 bits per heavy atom. The summed E-state index contributed by atoms with van der Waals surface area (Å²) >= 11 is 0. The molecule has 0 saturated heterocycles. The van der Waals surface area contributed by atoms with Gasteiger partial charge in [0.1, 0.15) is 0 Å². The van der Waals surface area contributed by atoms with Crippen LogP contribution in [0.2, 0.25) is 0 Å². The van der Waals surface area contributed by atoms with E-state index in [0.717, 1.165) is 11.1 Å². The molecule has 2 amide bonds. The van der Waals surface area contributed by atoms with Crippen LogP contribution in [0.5, 0.6) is 0 Å². The fourth-order valence-electron chi connectivity index (χ4n) is 2.63. The highest BCUT2D eigenvalue weighted by Gasteiger charge is 2.15. The number of hydrogen-bond acceptors (Lipinski definition) is 3. The molecule has 2 aromatic rings. The maximum atomic E-state index is 12.3. The minimum absolute atomic E-state index is 0.00292. The first-order valence-corrected chi connectivity index (χ1v) is 9.08. The van der Waals surface area contributed by atoms with Gasteiger partial charge in [-0.25, -0.2) is 0 Å². The third-order valence-electron chi connectivity index (χ3n) is 4.27. The molecule has 0 atom stereocenters. The first kappa shape index (κ1) is 20.4. The molecule has 2 rings (SSSR count). The number of amides is 2. The molecule has 0 bridgehead atoms. The van der Waals surface area contributed by atoms with Crippen molar-refractivity contribution in [2.45, 2.75) is 46.6 Å². The number of nitrogens with one attached hydrogen (secondary N) is 2. The van der Waals surface area contributed by atoms with Gasteiger partial charge in [0, 0.05) is 24.4 Å². The molecule has 0 aliphatic carbocycles. The Kier molecular flexibility index (Phi) is 6.88. The highest BCUT2D eigenvalue weighted by Crippen LogP contribution is 2.17. The van der Waals surface area contributed by atoms with Crippen molar-refractivity contribution in [2.75, 3.05) is 5.32 Å². The SMILES string of the molecule is Cc1ccc(C(=O)CCC(=O)Nc2ccccc2C(=O)NC(C)C)cc1C. The molecular weight excluding hydrogens is 340 g/mol. The lowest BCUT2D eigenvalue weighted by Gasteiger charge is -2.13. The van der Waals surface area contributed by atoms with Crippen LogP contribution in [0.15, 0.2) is 42.5 Å². The molecule has 142 valence electrons. The van der Waals surface area contributed by atoms with Crippen molar-refractivity contribution in [3.63, 3.8) is 0 Å². The van der Waals surface area contributed by atoms with Crippen LogP contribution in [-0.2, 0) is 4.79 Å². The van der Waals surface area contributed by atoms with E-state index in [1.165, 1.54) is 0 Å². The van der Waals surface area contributed by atoms with Crippen molar-refractivity contribution >= 4 is 23.3 Å². The zero-order valence-electron chi connectivity index (χ0n) is 16.3. The van der Waals surface area contributed by atoms with Gasteiger partial charge in [-0.2, -0.15) is 0 Å². The predicted octanol–water partition coefficient (Wildman–Crippen LogP) is 4.04. The van der Waals surface area contributed by atoms with E-state index >= 15 is 0 Å². The summed E-state index contributed by atoms with van der Waals surface area (Å²) in [5.41, 5.74) is 3.64. The summed E-state index contributed by atoms with van der Waals surface area (Å²) < 4.78 is 0. The molecule has 2 N–H and O–H groups in total. The quantitative estimate of drug-likeness (QED) is 0.726. The molecule has 0 aliphatic heterocycles. The number of rotatable bonds is 7. The van der Waals surface area contributed by atoms with Crippen LogP contribution in [0.4, 0.5) is 5.69 Å². The third kappa shape index (κ3) is 5.78. The standard InChI is InChI=1S/C22H26N2O3/c1-14(2)23-22(27)18-7-5-6-8-19(18)24-21(26)12-11-20(25)17-10-9-15(3)16(4)13-17/h5-10,13-14H,11-12H2,1-4H3,(H,23,27)(H,24,26). The highest BCUT2D eigenvalue weighted by atomic mass is 16.2. The van der Waals surface area contributed by atoms with Crippen LogP contribution >= 0.6 is 0 Å². The first-order valence-electron chi connectivity index (χ1n) is 9.08. The largest absolute Gasteiger partial charge is 0.350 e. The van der Waals surface area contributed by atoms with Gasteiger partial charge in [-0.15, -0.1) is 0 Å². The minimum Gasteiger partial charge on any atom is -0.350 e. The van der Waals surface area contributed by atoms with Gasteiger partial charge in [0.05, 0.1) is 11.3 Å². The second-order valence-electron chi connectivity index (χ2n) is 6.94. The van der Waals surface area contributed by atoms with Gasteiger partial charge in [-0.1, -0.05) is 24.3 Å². The molecule has 0 aliphatic rings. The number of ketones is 1. The molecule has 0 saturated carbocycles. The maximum Gasteiger partial charge on any atom is 0.253 e. The van der Waals surface area contributed by atoms with Gasteiger partial charge in [-0.05, 0) is 57.0 Å². The Labute approximate surface area is 160 Å². The summed E-state index contributed by atoms with van der Waals surface area (Å²) in [6.45, 7) is 7.69. The topological polar surface area (TPSA) is 75.3 Å². The summed E-state index contributed by atoms with van der Waals surface area (Å²) in [6.07, 6.45) is 0.181. The molecule has 0 spiro atoms. The summed E-state index contributed by atoms with van der Waals surface area (Å²) in [5, 5.41) is 5.55. The molecule has 0 unspecified atom stereocenters. The normalized spacial score (nSPS) is 10.6. The summed E-state index contributed by atoms with van der Waals surface area (Å²) in [6, 6.07) is 12.4. The Balaban J connectivity index is 1.99. The fourth-order valence-corrected chi connectivity index (χ4v) is 2.63. The first-order chi connectivity index (χ1) is 12.8. The van der Waals surface area contributed by atoms with E-state index in [0.29, 0.717) is 16.8 Å².